The zero-order chi connectivity index (χ0) is 20.7. The van der Waals surface area contributed by atoms with Crippen molar-refractivity contribution in [1.29, 1.82) is 0 Å². The van der Waals surface area contributed by atoms with Crippen molar-refractivity contribution in [3.8, 4) is 57.3 Å². The van der Waals surface area contributed by atoms with Crippen LogP contribution in [0.3, 0.4) is 0 Å². The van der Waals surface area contributed by atoms with Crippen LogP contribution in [0, 0.1) is 0 Å². The zero-order valence-electron chi connectivity index (χ0n) is 14.9. The molecule has 0 aliphatic rings. The van der Waals surface area contributed by atoms with Gasteiger partial charge in [-0.3, -0.25) is 4.79 Å². The first-order valence-corrected chi connectivity index (χ1v) is 7.73. The van der Waals surface area contributed by atoms with Gasteiger partial charge in [0.25, 0.3) is 0 Å². The Balaban J connectivity index is 2.55. The van der Waals surface area contributed by atoms with Crippen LogP contribution in [0.15, 0.2) is 21.3 Å². The number of phenols is 5. The fourth-order valence-corrected chi connectivity index (χ4v) is 2.83. The fraction of sp³-hybridized carbons (Fsp3) is 0.167. The van der Waals surface area contributed by atoms with Crippen molar-refractivity contribution < 1.29 is 44.2 Å². The van der Waals surface area contributed by atoms with E-state index in [1.807, 2.05) is 0 Å². The summed E-state index contributed by atoms with van der Waals surface area (Å²) in [6, 6.07) is 2.24. The van der Waals surface area contributed by atoms with Gasteiger partial charge in [-0.1, -0.05) is 0 Å². The molecule has 0 amide bonds. The number of fused-ring (bicyclic) bond motifs is 1. The molecule has 3 rings (SSSR count). The van der Waals surface area contributed by atoms with Crippen molar-refractivity contribution in [2.24, 2.45) is 0 Å². The third kappa shape index (κ3) is 2.46. The zero-order valence-corrected chi connectivity index (χ0v) is 14.9. The van der Waals surface area contributed by atoms with Crippen LogP contribution < -0.4 is 19.6 Å². The van der Waals surface area contributed by atoms with Crippen LogP contribution in [0.2, 0.25) is 0 Å². The number of ether oxygens (including phenoxy) is 3. The van der Waals surface area contributed by atoms with Crippen LogP contribution in [-0.4, -0.2) is 46.9 Å². The van der Waals surface area contributed by atoms with E-state index in [-0.39, 0.29) is 22.7 Å². The molecule has 0 saturated heterocycles. The lowest BCUT2D eigenvalue weighted by Crippen LogP contribution is -2.09. The van der Waals surface area contributed by atoms with Crippen molar-refractivity contribution in [2.75, 3.05) is 21.3 Å². The molecule has 0 aliphatic heterocycles. The molecule has 2 aromatic carbocycles. The Morgan fingerprint density at radius 3 is 1.93 bits per heavy atom. The van der Waals surface area contributed by atoms with Gasteiger partial charge in [-0.2, -0.15) is 0 Å². The van der Waals surface area contributed by atoms with Crippen molar-refractivity contribution in [3.05, 3.63) is 22.4 Å². The van der Waals surface area contributed by atoms with E-state index >= 15 is 0 Å². The molecular weight excluding hydrogens is 376 g/mol. The van der Waals surface area contributed by atoms with E-state index in [9.17, 15) is 30.3 Å². The quantitative estimate of drug-likeness (QED) is 0.416. The maximum absolute atomic E-state index is 13.0. The Labute approximate surface area is 157 Å². The van der Waals surface area contributed by atoms with E-state index in [0.717, 1.165) is 13.2 Å². The standard InChI is InChI=1S/C18H16O10/c1-25-16-11(22)8-12(23)17(26-2)14(28-15(8)18(27-3)13(16)24)6-4-5-7(19)10(21)9(6)20/h4-5,19-22,24H,1-3H3. The molecule has 10 nitrogen and oxygen atoms in total. The molecule has 0 saturated carbocycles. The van der Waals surface area contributed by atoms with Crippen molar-refractivity contribution in [2.45, 2.75) is 0 Å². The summed E-state index contributed by atoms with van der Waals surface area (Å²) in [6.45, 7) is 0. The highest BCUT2D eigenvalue weighted by atomic mass is 16.5. The number of aromatic hydroxyl groups is 5. The van der Waals surface area contributed by atoms with Gasteiger partial charge in [0.2, 0.25) is 34.2 Å². The van der Waals surface area contributed by atoms with Crippen LogP contribution in [-0.2, 0) is 0 Å². The molecule has 3 aromatic rings. The lowest BCUT2D eigenvalue weighted by atomic mass is 10.1. The van der Waals surface area contributed by atoms with Crippen LogP contribution >= 0.6 is 0 Å². The number of methoxy groups -OCH3 is 3. The van der Waals surface area contributed by atoms with Crippen molar-refractivity contribution in [3.63, 3.8) is 0 Å². The van der Waals surface area contributed by atoms with E-state index in [0.29, 0.717) is 0 Å². The van der Waals surface area contributed by atoms with Gasteiger partial charge in [0, 0.05) is 0 Å². The van der Waals surface area contributed by atoms with Crippen LogP contribution in [0.5, 0.6) is 46.0 Å². The van der Waals surface area contributed by atoms with Gasteiger partial charge in [0.15, 0.2) is 28.6 Å². The summed E-state index contributed by atoms with van der Waals surface area (Å²) < 4.78 is 20.7. The Morgan fingerprint density at radius 2 is 1.36 bits per heavy atom. The molecule has 0 bridgehead atoms. The Hall–Kier alpha value is -3.95. The van der Waals surface area contributed by atoms with Crippen molar-refractivity contribution in [1.82, 2.24) is 0 Å². The predicted molar refractivity (Wildman–Crippen MR) is 95.9 cm³/mol. The average molecular weight is 392 g/mol. The Bertz CT molecular complexity index is 1150. The van der Waals surface area contributed by atoms with E-state index in [2.05, 4.69) is 0 Å². The summed E-state index contributed by atoms with van der Waals surface area (Å²) in [5.74, 6) is -5.01. The third-order valence-corrected chi connectivity index (χ3v) is 4.15. The number of benzene rings is 2. The molecular formula is C18H16O10. The lowest BCUT2D eigenvalue weighted by Gasteiger charge is -2.16. The van der Waals surface area contributed by atoms with Crippen LogP contribution in [0.4, 0.5) is 0 Å². The minimum Gasteiger partial charge on any atom is -0.504 e. The summed E-state index contributed by atoms with van der Waals surface area (Å²) in [6.07, 6.45) is 0. The molecule has 0 spiro atoms. The molecule has 1 heterocycles. The van der Waals surface area contributed by atoms with Gasteiger partial charge >= 0.3 is 0 Å². The molecule has 0 atom stereocenters. The monoisotopic (exact) mass is 392 g/mol. The van der Waals surface area contributed by atoms with Crippen molar-refractivity contribution >= 4 is 11.0 Å². The summed E-state index contributed by atoms with van der Waals surface area (Å²) in [5.41, 5.74) is -1.41. The maximum atomic E-state index is 13.0. The molecule has 0 radical (unpaired) electrons. The first-order valence-electron chi connectivity index (χ1n) is 7.73. The van der Waals surface area contributed by atoms with Gasteiger partial charge in [0.1, 0.15) is 5.39 Å². The highest BCUT2D eigenvalue weighted by molar-refractivity contribution is 5.96. The van der Waals surface area contributed by atoms with E-state index in [1.54, 1.807) is 0 Å². The molecule has 28 heavy (non-hydrogen) atoms. The number of hydrogen-bond donors (Lipinski definition) is 5. The smallest absolute Gasteiger partial charge is 0.239 e. The van der Waals surface area contributed by atoms with Crippen LogP contribution in [0.1, 0.15) is 0 Å². The molecule has 0 aliphatic carbocycles. The highest BCUT2D eigenvalue weighted by Gasteiger charge is 2.29. The summed E-state index contributed by atoms with van der Waals surface area (Å²) >= 11 is 0. The van der Waals surface area contributed by atoms with E-state index in [4.69, 9.17) is 18.6 Å². The molecule has 5 N–H and O–H groups in total. The van der Waals surface area contributed by atoms with Gasteiger partial charge in [-0.25, -0.2) is 0 Å². The fourth-order valence-electron chi connectivity index (χ4n) is 2.83. The normalized spacial score (nSPS) is 10.8. The highest BCUT2D eigenvalue weighted by Crippen LogP contribution is 2.51. The van der Waals surface area contributed by atoms with Gasteiger partial charge < -0.3 is 44.2 Å². The first kappa shape index (κ1) is 18.8. The second-order valence-electron chi connectivity index (χ2n) is 5.59. The molecule has 10 heteroatoms. The second-order valence-corrected chi connectivity index (χ2v) is 5.59. The third-order valence-electron chi connectivity index (χ3n) is 4.15. The summed E-state index contributed by atoms with van der Waals surface area (Å²) in [7, 11) is 3.52. The van der Waals surface area contributed by atoms with Gasteiger partial charge in [-0.05, 0) is 12.1 Å². The Kier molecular flexibility index (Phi) is 4.47. The topological polar surface area (TPSA) is 159 Å². The average Bonchev–Trinajstić information content (AvgIpc) is 2.66. The predicted octanol–water partition coefficient (Wildman–Crippen LogP) is 2.01. The molecule has 1 aromatic heterocycles. The summed E-state index contributed by atoms with van der Waals surface area (Å²) in [5, 5.41) is 49.7. The van der Waals surface area contributed by atoms with Gasteiger partial charge in [0.05, 0.1) is 26.9 Å². The Morgan fingerprint density at radius 1 is 0.750 bits per heavy atom. The van der Waals surface area contributed by atoms with E-state index in [1.165, 1.54) is 20.3 Å². The summed E-state index contributed by atoms with van der Waals surface area (Å²) in [4.78, 5) is 13.0. The number of rotatable bonds is 4. The van der Waals surface area contributed by atoms with Crippen LogP contribution in [0.25, 0.3) is 22.3 Å². The first-order chi connectivity index (χ1) is 13.3. The number of phenolic OH excluding ortho intramolecular Hbond substituents is 5. The number of hydrogen-bond acceptors (Lipinski definition) is 10. The van der Waals surface area contributed by atoms with E-state index < -0.39 is 51.1 Å². The molecule has 148 valence electrons. The largest absolute Gasteiger partial charge is 0.504 e. The minimum absolute atomic E-state index is 0.192. The lowest BCUT2D eigenvalue weighted by molar-refractivity contribution is 0.322. The molecule has 0 unspecified atom stereocenters. The van der Waals surface area contributed by atoms with Gasteiger partial charge in [-0.15, -0.1) is 0 Å². The minimum atomic E-state index is -0.861. The maximum Gasteiger partial charge on any atom is 0.239 e. The SMILES string of the molecule is COc1c(O)c(OC)c2oc(-c3ccc(O)c(O)c3O)c(OC)c(=O)c2c1O. The molecule has 0 fully saturated rings. The second kappa shape index (κ2) is 6.65.